The summed E-state index contributed by atoms with van der Waals surface area (Å²) < 4.78 is 21.2. The Morgan fingerprint density at radius 3 is 1.13 bits per heavy atom. The maximum atomic E-state index is 13.6. The minimum Gasteiger partial charge on any atom is -0.469 e. The first-order chi connectivity index (χ1) is 26.2. The molecule has 0 aliphatic rings. The van der Waals surface area contributed by atoms with Crippen molar-refractivity contribution in [2.75, 3.05) is 27.3 Å². The first kappa shape index (κ1) is 40.4. The number of nitrogens with zero attached hydrogens (tertiary/aromatic N) is 2. The van der Waals surface area contributed by atoms with Crippen molar-refractivity contribution in [3.8, 4) is 0 Å². The first-order valence-electron chi connectivity index (χ1n) is 17.4. The maximum Gasteiger partial charge on any atom is 0.410 e. The number of amides is 4. The third-order valence-electron chi connectivity index (χ3n) is 8.41. The van der Waals surface area contributed by atoms with E-state index < -0.39 is 42.2 Å². The van der Waals surface area contributed by atoms with Crippen molar-refractivity contribution in [3.05, 3.63) is 144 Å². The summed E-state index contributed by atoms with van der Waals surface area (Å²) in [5.41, 5.74) is 3.10. The van der Waals surface area contributed by atoms with Crippen LogP contribution in [0, 0.1) is 0 Å². The lowest BCUT2D eigenvalue weighted by atomic mass is 10.1. The van der Waals surface area contributed by atoms with Gasteiger partial charge in [0.05, 0.1) is 39.1 Å². The van der Waals surface area contributed by atoms with Gasteiger partial charge in [0.15, 0.2) is 0 Å². The fourth-order valence-electron chi connectivity index (χ4n) is 5.47. The summed E-state index contributed by atoms with van der Waals surface area (Å²) in [4.78, 5) is 68.4. The number of carbonyl (C=O) groups is 5. The van der Waals surface area contributed by atoms with Gasteiger partial charge in [-0.15, -0.1) is 0 Å². The number of hydrogen-bond acceptors (Lipinski definition) is 9. The maximum absolute atomic E-state index is 13.6. The second-order valence-corrected chi connectivity index (χ2v) is 12.3. The third kappa shape index (κ3) is 13.6. The molecule has 4 amide bonds. The van der Waals surface area contributed by atoms with Gasteiger partial charge in [-0.1, -0.05) is 121 Å². The van der Waals surface area contributed by atoms with Crippen molar-refractivity contribution in [2.24, 2.45) is 0 Å². The summed E-state index contributed by atoms with van der Waals surface area (Å²) in [5.74, 6) is -1.19. The van der Waals surface area contributed by atoms with E-state index in [1.807, 2.05) is 121 Å². The van der Waals surface area contributed by atoms with Crippen LogP contribution in [-0.4, -0.2) is 79.3 Å². The molecule has 0 aliphatic carbocycles. The predicted octanol–water partition coefficient (Wildman–Crippen LogP) is 5.83. The molecule has 0 heterocycles. The lowest BCUT2D eigenvalue weighted by Gasteiger charge is -2.32. The highest BCUT2D eigenvalue weighted by Crippen LogP contribution is 2.17. The van der Waals surface area contributed by atoms with E-state index in [2.05, 4.69) is 10.6 Å². The molecule has 0 unspecified atom stereocenters. The molecule has 4 rings (SSSR count). The molecule has 2 atom stereocenters. The predicted molar refractivity (Wildman–Crippen MR) is 199 cm³/mol. The summed E-state index contributed by atoms with van der Waals surface area (Å²) in [6.45, 7) is -0.164. The van der Waals surface area contributed by atoms with Crippen LogP contribution in [0.2, 0.25) is 0 Å². The quantitative estimate of drug-likeness (QED) is 0.0949. The molecular formula is C41H46N4O9. The Labute approximate surface area is 315 Å². The van der Waals surface area contributed by atoms with E-state index in [0.29, 0.717) is 0 Å². The van der Waals surface area contributed by atoms with E-state index in [9.17, 15) is 24.0 Å². The highest BCUT2D eigenvalue weighted by Gasteiger charge is 2.31. The van der Waals surface area contributed by atoms with Gasteiger partial charge in [-0.3, -0.25) is 19.4 Å². The number of methoxy groups -OCH3 is 2. The normalized spacial score (nSPS) is 11.6. The van der Waals surface area contributed by atoms with E-state index in [0.717, 1.165) is 22.3 Å². The Morgan fingerprint density at radius 2 is 0.815 bits per heavy atom. The monoisotopic (exact) mass is 738 g/mol. The Morgan fingerprint density at radius 1 is 0.500 bits per heavy atom. The van der Waals surface area contributed by atoms with Crippen LogP contribution in [0.4, 0.5) is 14.4 Å². The number of esters is 2. The number of benzene rings is 4. The first-order valence-corrected chi connectivity index (χ1v) is 17.4. The molecule has 0 bridgehead atoms. The molecule has 4 aromatic carbocycles. The van der Waals surface area contributed by atoms with Gasteiger partial charge in [-0.05, 0) is 22.3 Å². The van der Waals surface area contributed by atoms with E-state index in [1.165, 1.54) is 24.0 Å². The van der Waals surface area contributed by atoms with Crippen LogP contribution in [-0.2, 0) is 54.8 Å². The molecule has 13 nitrogen and oxygen atoms in total. The second kappa shape index (κ2) is 21.9. The van der Waals surface area contributed by atoms with Gasteiger partial charge in [0.1, 0.15) is 13.2 Å². The standard InChI is InChI=1S/C41H46N4O9/c1-51-37(46)23-35(44(27-31-15-7-3-8-16-31)40(49)53-29-33-19-11-5-12-20-33)25-42-39(48)43-26-36(24-38(47)52-2)45(28-32-17-9-4-10-18-32)41(50)54-30-34-21-13-6-14-22-34/h3-22,35-36H,23-30H2,1-2H3,(H2,42,43,48)/t35-,36-/m1/s1. The zero-order valence-electron chi connectivity index (χ0n) is 30.4. The Hall–Kier alpha value is -6.37. The minimum absolute atomic E-state index is 0.00132. The molecule has 0 saturated heterocycles. The van der Waals surface area contributed by atoms with Crippen molar-refractivity contribution in [1.29, 1.82) is 0 Å². The van der Waals surface area contributed by atoms with Gasteiger partial charge in [0.2, 0.25) is 0 Å². The Bertz CT molecular complexity index is 1630. The molecule has 2 N–H and O–H groups in total. The lowest BCUT2D eigenvalue weighted by molar-refractivity contribution is -0.142. The zero-order valence-corrected chi connectivity index (χ0v) is 30.4. The van der Waals surface area contributed by atoms with Crippen molar-refractivity contribution >= 4 is 30.2 Å². The van der Waals surface area contributed by atoms with Gasteiger partial charge in [-0.2, -0.15) is 0 Å². The van der Waals surface area contributed by atoms with Crippen molar-refractivity contribution < 1.29 is 42.9 Å². The van der Waals surface area contributed by atoms with Gasteiger partial charge in [0.25, 0.3) is 0 Å². The molecule has 0 saturated carbocycles. The molecule has 284 valence electrons. The Balaban J connectivity index is 1.49. The van der Waals surface area contributed by atoms with Crippen molar-refractivity contribution in [1.82, 2.24) is 20.4 Å². The number of carbonyl (C=O) groups excluding carboxylic acids is 5. The van der Waals surface area contributed by atoms with Crippen LogP contribution in [0.15, 0.2) is 121 Å². The fourth-order valence-corrected chi connectivity index (χ4v) is 5.47. The van der Waals surface area contributed by atoms with E-state index in [-0.39, 0.29) is 52.2 Å². The molecule has 0 aliphatic heterocycles. The Kier molecular flexibility index (Phi) is 16.4. The lowest BCUT2D eigenvalue weighted by Crippen LogP contribution is -2.52. The van der Waals surface area contributed by atoms with Crippen LogP contribution in [0.25, 0.3) is 0 Å². The zero-order chi connectivity index (χ0) is 38.5. The molecular weight excluding hydrogens is 692 g/mol. The highest BCUT2D eigenvalue weighted by atomic mass is 16.6. The van der Waals surface area contributed by atoms with Crippen LogP contribution in [0.3, 0.4) is 0 Å². The molecule has 54 heavy (non-hydrogen) atoms. The molecule has 0 radical (unpaired) electrons. The summed E-state index contributed by atoms with van der Waals surface area (Å²) in [6.07, 6.45) is -1.87. The molecule has 13 heteroatoms. The van der Waals surface area contributed by atoms with Gasteiger partial charge < -0.3 is 29.6 Å². The van der Waals surface area contributed by atoms with Crippen LogP contribution >= 0.6 is 0 Å². The molecule has 4 aromatic rings. The van der Waals surface area contributed by atoms with Gasteiger partial charge in [0, 0.05) is 26.2 Å². The number of nitrogens with one attached hydrogen (secondary N) is 2. The third-order valence-corrected chi connectivity index (χ3v) is 8.41. The summed E-state index contributed by atoms with van der Waals surface area (Å²) >= 11 is 0. The summed E-state index contributed by atoms with van der Waals surface area (Å²) in [5, 5.41) is 5.47. The van der Waals surface area contributed by atoms with Gasteiger partial charge >= 0.3 is 30.2 Å². The second-order valence-electron chi connectivity index (χ2n) is 12.3. The number of rotatable bonds is 18. The molecule has 0 spiro atoms. The van der Waals surface area contributed by atoms with Crippen molar-refractivity contribution in [3.63, 3.8) is 0 Å². The van der Waals surface area contributed by atoms with Crippen LogP contribution < -0.4 is 10.6 Å². The van der Waals surface area contributed by atoms with E-state index >= 15 is 0 Å². The molecule has 0 aromatic heterocycles. The van der Waals surface area contributed by atoms with E-state index in [1.54, 1.807) is 0 Å². The minimum atomic E-state index is -0.875. The average molecular weight is 739 g/mol. The van der Waals surface area contributed by atoms with Crippen LogP contribution in [0.5, 0.6) is 0 Å². The SMILES string of the molecule is COC(=O)C[C@H](CNC(=O)NC[C@@H](CC(=O)OC)N(Cc1ccccc1)C(=O)OCc1ccccc1)N(Cc1ccccc1)C(=O)OCc1ccccc1. The largest absolute Gasteiger partial charge is 0.469 e. The highest BCUT2D eigenvalue weighted by molar-refractivity contribution is 5.76. The summed E-state index contributed by atoms with van der Waals surface area (Å²) in [7, 11) is 2.48. The van der Waals surface area contributed by atoms with Crippen molar-refractivity contribution in [2.45, 2.75) is 51.2 Å². The summed E-state index contributed by atoms with van der Waals surface area (Å²) in [6, 6.07) is 34.2. The molecule has 0 fully saturated rings. The topological polar surface area (TPSA) is 153 Å². The number of ether oxygens (including phenoxy) is 4. The number of urea groups is 1. The van der Waals surface area contributed by atoms with Crippen LogP contribution in [0.1, 0.15) is 35.1 Å². The van der Waals surface area contributed by atoms with Gasteiger partial charge in [-0.25, -0.2) is 14.4 Å². The smallest absolute Gasteiger partial charge is 0.410 e. The fraction of sp³-hybridized carbons (Fsp3) is 0.293. The number of hydrogen-bond donors (Lipinski definition) is 2. The average Bonchev–Trinajstić information content (AvgIpc) is 3.21. The van der Waals surface area contributed by atoms with E-state index in [4.69, 9.17) is 18.9 Å².